The maximum atomic E-state index is 11.7. The van der Waals surface area contributed by atoms with Crippen LogP contribution in [0.25, 0.3) is 0 Å². The van der Waals surface area contributed by atoms with Gasteiger partial charge in [0, 0.05) is 74.4 Å². The van der Waals surface area contributed by atoms with Crippen molar-refractivity contribution >= 4 is 77.1 Å². The first kappa shape index (κ1) is 75.3. The molecule has 25 heteroatoms. The summed E-state index contributed by atoms with van der Waals surface area (Å²) in [6.45, 7) is 13.0. The van der Waals surface area contributed by atoms with Gasteiger partial charge in [0.25, 0.3) is 0 Å². The van der Waals surface area contributed by atoms with E-state index in [-0.39, 0.29) is 61.7 Å². The van der Waals surface area contributed by atoms with Crippen molar-refractivity contribution < 1.29 is 91.5 Å². The number of likely N-dealkylation sites (N-methyl/N-ethyl adjacent to an activating group) is 3. The van der Waals surface area contributed by atoms with Crippen LogP contribution in [0, 0.1) is 0 Å². The van der Waals surface area contributed by atoms with Gasteiger partial charge in [0.05, 0.1) is 46.8 Å². The molecule has 7 unspecified atom stereocenters. The van der Waals surface area contributed by atoms with Crippen LogP contribution in [0.15, 0.2) is 12.7 Å². The largest absolute Gasteiger partial charge is 0.480 e. The lowest BCUT2D eigenvalue weighted by atomic mass is 10.3. The fraction of sp³-hybridized carbons (Fsp3) is 0.809. The number of carboxylic acids is 1. The third-order valence-electron chi connectivity index (χ3n) is 8.61. The van der Waals surface area contributed by atoms with Gasteiger partial charge >= 0.3 is 41.8 Å². The molecule has 0 aromatic heterocycles. The molecule has 72 heavy (non-hydrogen) atoms. The zero-order valence-corrected chi connectivity index (χ0v) is 47.0. The van der Waals surface area contributed by atoms with E-state index in [2.05, 4.69) is 32.0 Å². The maximum absolute atomic E-state index is 11.7. The van der Waals surface area contributed by atoms with Crippen LogP contribution in [-0.2, 0) is 76.2 Å². The number of aliphatic hydroxyl groups excluding tert-OH is 2. The molecule has 0 amide bonds. The van der Waals surface area contributed by atoms with Crippen molar-refractivity contribution in [2.75, 3.05) is 124 Å². The molecule has 0 saturated carbocycles. The summed E-state index contributed by atoms with van der Waals surface area (Å²) >= 11 is 4.16. The fourth-order valence-electron chi connectivity index (χ4n) is 4.63. The van der Waals surface area contributed by atoms with Gasteiger partial charge in [0.15, 0.2) is 0 Å². The summed E-state index contributed by atoms with van der Waals surface area (Å²) in [4.78, 5) is 79.7. The lowest BCUT2D eigenvalue weighted by molar-refractivity contribution is -0.157. The lowest BCUT2D eigenvalue weighted by Crippen LogP contribution is -2.38. The Morgan fingerprint density at radius 2 is 1.00 bits per heavy atom. The van der Waals surface area contributed by atoms with E-state index in [0.29, 0.717) is 98.6 Å². The van der Waals surface area contributed by atoms with Gasteiger partial charge in [-0.3, -0.25) is 33.6 Å². The normalized spacial score (nSPS) is 14.5. The van der Waals surface area contributed by atoms with Crippen molar-refractivity contribution in [1.29, 1.82) is 0 Å². The quantitative estimate of drug-likeness (QED) is 0.0226. The second-order valence-electron chi connectivity index (χ2n) is 15.1. The summed E-state index contributed by atoms with van der Waals surface area (Å²) in [5, 5.41) is 34.9. The monoisotopic (exact) mass is 1100 g/mol. The summed E-state index contributed by atoms with van der Waals surface area (Å²) in [6.07, 6.45) is 4.38. The predicted octanol–water partition coefficient (Wildman–Crippen LogP) is 2.67. The first-order valence-corrected chi connectivity index (χ1v) is 27.2. The van der Waals surface area contributed by atoms with Crippen LogP contribution in [0.1, 0.15) is 79.1 Å². The molecule has 1 saturated heterocycles. The smallest absolute Gasteiger partial charge is 0.323 e. The summed E-state index contributed by atoms with van der Waals surface area (Å²) < 4.78 is 44.3. The maximum Gasteiger partial charge on any atom is 0.323 e. The van der Waals surface area contributed by atoms with E-state index in [1.165, 1.54) is 49.5 Å². The average Bonchev–Trinajstić information content (AvgIpc) is 4.19. The molecule has 1 heterocycles. The van der Waals surface area contributed by atoms with Gasteiger partial charge in [0.2, 0.25) is 0 Å². The van der Waals surface area contributed by atoms with Gasteiger partial charge in [-0.2, -0.15) is 35.3 Å². The van der Waals surface area contributed by atoms with E-state index < -0.39 is 36.4 Å². The number of rotatable bonds is 37. The topological polar surface area (TPSA) is 303 Å². The molecule has 6 N–H and O–H groups in total. The van der Waals surface area contributed by atoms with E-state index in [0.717, 1.165) is 13.2 Å². The molecule has 7 atom stereocenters. The molecular formula is C47H89N3O19S3. The third kappa shape index (κ3) is 49.0. The van der Waals surface area contributed by atoms with E-state index in [9.17, 15) is 33.6 Å². The van der Waals surface area contributed by atoms with Crippen LogP contribution >= 0.6 is 35.3 Å². The van der Waals surface area contributed by atoms with Gasteiger partial charge in [-0.1, -0.05) is 33.8 Å². The predicted molar refractivity (Wildman–Crippen MR) is 280 cm³/mol. The van der Waals surface area contributed by atoms with Gasteiger partial charge in [-0.15, -0.1) is 6.58 Å². The summed E-state index contributed by atoms with van der Waals surface area (Å²) in [5.41, 5.74) is 0. The molecule has 22 nitrogen and oxygen atoms in total. The molecule has 1 fully saturated rings. The van der Waals surface area contributed by atoms with Crippen LogP contribution in [0.2, 0.25) is 0 Å². The molecule has 0 aromatic rings. The highest BCUT2D eigenvalue weighted by molar-refractivity contribution is 7.99. The number of epoxide rings is 1. The van der Waals surface area contributed by atoms with E-state index in [1.807, 2.05) is 27.7 Å². The number of hydrogen-bond acceptors (Lipinski definition) is 24. The number of nitrogens with one attached hydrogen (secondary N) is 3. The Morgan fingerprint density at radius 3 is 1.26 bits per heavy atom. The summed E-state index contributed by atoms with van der Waals surface area (Å²) in [7, 11) is 10.9. The average molecular weight is 1100 g/mol. The number of carbonyl (C=O) groups is 7. The van der Waals surface area contributed by atoms with Crippen molar-refractivity contribution in [1.82, 2.24) is 16.0 Å². The second kappa shape index (κ2) is 54.0. The lowest BCUT2D eigenvalue weighted by Gasteiger charge is -2.19. The highest BCUT2D eigenvalue weighted by atomic mass is 32.2. The fourth-order valence-corrected chi connectivity index (χ4v) is 7.89. The number of esters is 6. The molecule has 0 spiro atoms. The van der Waals surface area contributed by atoms with Crippen LogP contribution in [0.5, 0.6) is 0 Å². The number of aliphatic hydroxyl groups is 2. The van der Waals surface area contributed by atoms with Crippen molar-refractivity contribution in [2.24, 2.45) is 0 Å². The Kier molecular flexibility index (Phi) is 56.5. The molecular weight excluding hydrogens is 1010 g/mol. The SMILES string of the molecule is C=CCOC.CCCC(=O)OCC(CSCC(NC)C(=O)O)OC(=O)CCC.CCCC(=O)OCC(CSCC(NC)C(=O)OC)OC(=O)CCC.CNC(CSCC(O)CO)C(=O)OC.COCC1CO1. The number of thioether (sulfide) groups is 3. The second-order valence-corrected chi connectivity index (χ2v) is 18.3. The van der Waals surface area contributed by atoms with E-state index in [4.69, 9.17) is 48.5 Å². The minimum Gasteiger partial charge on any atom is -0.480 e. The number of ether oxygens (including phenoxy) is 9. The highest BCUT2D eigenvalue weighted by Gasteiger charge is 2.23. The third-order valence-corrected chi connectivity index (χ3v) is 12.2. The Hall–Kier alpha value is -3.24. The Balaban J connectivity index is -0.000000443. The highest BCUT2D eigenvalue weighted by Crippen LogP contribution is 2.13. The zero-order valence-electron chi connectivity index (χ0n) is 44.6. The Morgan fingerprint density at radius 1 is 0.625 bits per heavy atom. The number of methoxy groups -OCH3 is 4. The van der Waals surface area contributed by atoms with Crippen LogP contribution in [-0.4, -0.2) is 223 Å². The molecule has 0 aromatic carbocycles. The van der Waals surface area contributed by atoms with Gasteiger partial charge in [-0.25, -0.2) is 0 Å². The van der Waals surface area contributed by atoms with Crippen LogP contribution in [0.3, 0.4) is 0 Å². The van der Waals surface area contributed by atoms with Crippen LogP contribution < -0.4 is 16.0 Å². The minimum absolute atomic E-state index is 0.00141. The van der Waals surface area contributed by atoms with E-state index in [1.54, 1.807) is 41.4 Å². The van der Waals surface area contributed by atoms with Gasteiger partial charge in [0.1, 0.15) is 49.7 Å². The van der Waals surface area contributed by atoms with Gasteiger partial charge < -0.3 is 73.9 Å². The van der Waals surface area contributed by atoms with Crippen molar-refractivity contribution in [3.05, 3.63) is 12.7 Å². The number of carbonyl (C=O) groups excluding carboxylic acids is 6. The number of aliphatic carboxylic acids is 1. The van der Waals surface area contributed by atoms with Crippen molar-refractivity contribution in [2.45, 2.75) is 122 Å². The summed E-state index contributed by atoms with van der Waals surface area (Å²) in [6, 6.07) is -1.47. The molecule has 424 valence electrons. The number of carboxylic acid groups (broad SMARTS) is 1. The molecule has 0 bridgehead atoms. The molecule has 0 radical (unpaired) electrons. The Bertz CT molecular complexity index is 1400. The number of hydrogen-bond donors (Lipinski definition) is 6. The summed E-state index contributed by atoms with van der Waals surface area (Å²) in [5.74, 6) is -0.359. The van der Waals surface area contributed by atoms with Crippen molar-refractivity contribution in [3.8, 4) is 0 Å². The van der Waals surface area contributed by atoms with E-state index >= 15 is 0 Å². The molecule has 1 aliphatic heterocycles. The standard InChI is InChI=1S/C16H29NO6S.C15H27NO6S.C8H17NO4S.C4H8O2.C4H8O/c1-5-7-14(18)22-9-12(23-15(19)8-6-2)10-24-11-13(17-3)16(20)21-4;1-4-6-13(17)21-8-11(22-14(18)7-5-2)9-23-10-12(16-3)15(19)20;1-9-7(8(12)13-2)5-14-4-6(11)3-10;1-5-2-4-3-6-4;1-3-4-5-2/h12-13,17H,5-11H2,1-4H3;11-12,16H,4-10H2,1-3H3,(H,19,20);6-7,9-11H,3-5H2,1-2H3;4H,2-3H2,1H3;3H,1,4H2,2H3. The van der Waals surface area contributed by atoms with Gasteiger partial charge in [-0.05, 0) is 46.8 Å². The van der Waals surface area contributed by atoms with Crippen molar-refractivity contribution in [3.63, 3.8) is 0 Å². The molecule has 1 rings (SSSR count). The minimum atomic E-state index is -0.936. The first-order valence-electron chi connectivity index (χ1n) is 23.7. The Labute approximate surface area is 440 Å². The molecule has 0 aliphatic carbocycles. The van der Waals surface area contributed by atoms with Crippen LogP contribution in [0.4, 0.5) is 0 Å². The zero-order chi connectivity index (χ0) is 55.5. The first-order chi connectivity index (χ1) is 34.4. The molecule has 1 aliphatic rings.